The van der Waals surface area contributed by atoms with E-state index in [2.05, 4.69) is 5.32 Å². The Morgan fingerprint density at radius 1 is 1.47 bits per heavy atom. The number of amides is 1. The van der Waals surface area contributed by atoms with E-state index in [1.54, 1.807) is 12.1 Å². The summed E-state index contributed by atoms with van der Waals surface area (Å²) in [4.78, 5) is 21.9. The SMILES string of the molecule is CCCC(=O)Nc1cc(C=O)ccc1C. The second-order valence-electron chi connectivity index (χ2n) is 3.49. The van der Waals surface area contributed by atoms with E-state index in [1.807, 2.05) is 19.9 Å². The first-order chi connectivity index (χ1) is 7.17. The van der Waals surface area contributed by atoms with Crippen LogP contribution in [-0.4, -0.2) is 12.2 Å². The highest BCUT2D eigenvalue weighted by atomic mass is 16.1. The predicted octanol–water partition coefficient (Wildman–Crippen LogP) is 2.55. The summed E-state index contributed by atoms with van der Waals surface area (Å²) >= 11 is 0. The highest BCUT2D eigenvalue weighted by Crippen LogP contribution is 2.16. The van der Waals surface area contributed by atoms with Crippen LogP contribution in [-0.2, 0) is 4.79 Å². The summed E-state index contributed by atoms with van der Waals surface area (Å²) in [6.45, 7) is 3.85. The molecular weight excluding hydrogens is 190 g/mol. The number of anilines is 1. The minimum absolute atomic E-state index is 0.0105. The van der Waals surface area contributed by atoms with Gasteiger partial charge < -0.3 is 5.32 Å². The zero-order chi connectivity index (χ0) is 11.3. The van der Waals surface area contributed by atoms with Crippen LogP contribution < -0.4 is 5.32 Å². The molecule has 3 heteroatoms. The summed E-state index contributed by atoms with van der Waals surface area (Å²) < 4.78 is 0. The average molecular weight is 205 g/mol. The molecule has 0 fully saturated rings. The molecule has 0 heterocycles. The molecule has 0 atom stereocenters. The third-order valence-electron chi connectivity index (χ3n) is 2.15. The van der Waals surface area contributed by atoms with E-state index in [-0.39, 0.29) is 5.91 Å². The summed E-state index contributed by atoms with van der Waals surface area (Å²) in [5.74, 6) is -0.0105. The van der Waals surface area contributed by atoms with Crippen molar-refractivity contribution in [1.29, 1.82) is 0 Å². The van der Waals surface area contributed by atoms with E-state index < -0.39 is 0 Å². The van der Waals surface area contributed by atoms with Gasteiger partial charge in [0.15, 0.2) is 0 Å². The Kier molecular flexibility index (Phi) is 4.03. The van der Waals surface area contributed by atoms with Crippen molar-refractivity contribution in [2.45, 2.75) is 26.7 Å². The smallest absolute Gasteiger partial charge is 0.224 e. The van der Waals surface area contributed by atoms with Crippen molar-refractivity contribution in [2.24, 2.45) is 0 Å². The monoisotopic (exact) mass is 205 g/mol. The number of hydrogen-bond donors (Lipinski definition) is 1. The molecule has 0 saturated carbocycles. The number of hydrogen-bond acceptors (Lipinski definition) is 2. The van der Waals surface area contributed by atoms with Crippen LogP contribution in [0.25, 0.3) is 0 Å². The molecule has 1 aromatic carbocycles. The van der Waals surface area contributed by atoms with Crippen LogP contribution in [0.15, 0.2) is 18.2 Å². The van der Waals surface area contributed by atoms with Crippen molar-refractivity contribution in [1.82, 2.24) is 0 Å². The molecule has 1 amide bonds. The van der Waals surface area contributed by atoms with E-state index in [0.29, 0.717) is 12.0 Å². The van der Waals surface area contributed by atoms with Gasteiger partial charge in [0.2, 0.25) is 5.91 Å². The van der Waals surface area contributed by atoms with Gasteiger partial charge in [-0.1, -0.05) is 19.1 Å². The molecule has 80 valence electrons. The second-order valence-corrected chi connectivity index (χ2v) is 3.49. The van der Waals surface area contributed by atoms with Gasteiger partial charge in [-0.3, -0.25) is 9.59 Å². The summed E-state index contributed by atoms with van der Waals surface area (Å²) in [6, 6.07) is 5.25. The zero-order valence-corrected chi connectivity index (χ0v) is 9.04. The summed E-state index contributed by atoms with van der Waals surface area (Å²) in [6.07, 6.45) is 2.10. The molecule has 1 aromatic rings. The molecule has 15 heavy (non-hydrogen) atoms. The largest absolute Gasteiger partial charge is 0.326 e. The van der Waals surface area contributed by atoms with Crippen molar-refractivity contribution in [3.63, 3.8) is 0 Å². The van der Waals surface area contributed by atoms with Gasteiger partial charge in [-0.15, -0.1) is 0 Å². The highest BCUT2D eigenvalue weighted by molar-refractivity contribution is 5.92. The van der Waals surface area contributed by atoms with E-state index in [4.69, 9.17) is 0 Å². The number of aryl methyl sites for hydroxylation is 1. The Morgan fingerprint density at radius 3 is 2.80 bits per heavy atom. The lowest BCUT2D eigenvalue weighted by atomic mass is 10.1. The number of carbonyl (C=O) groups is 2. The maximum absolute atomic E-state index is 11.4. The minimum Gasteiger partial charge on any atom is -0.326 e. The van der Waals surface area contributed by atoms with Crippen LogP contribution in [0.3, 0.4) is 0 Å². The molecule has 0 unspecified atom stereocenters. The summed E-state index contributed by atoms with van der Waals surface area (Å²) in [5.41, 5.74) is 2.26. The van der Waals surface area contributed by atoms with Crippen molar-refractivity contribution in [3.8, 4) is 0 Å². The molecule has 0 aliphatic heterocycles. The Hall–Kier alpha value is -1.64. The van der Waals surface area contributed by atoms with E-state index in [9.17, 15) is 9.59 Å². The van der Waals surface area contributed by atoms with Crippen molar-refractivity contribution in [3.05, 3.63) is 29.3 Å². The number of benzene rings is 1. The molecule has 0 spiro atoms. The first kappa shape index (κ1) is 11.4. The van der Waals surface area contributed by atoms with Gasteiger partial charge in [0.25, 0.3) is 0 Å². The third kappa shape index (κ3) is 3.20. The van der Waals surface area contributed by atoms with E-state index in [1.165, 1.54) is 0 Å². The van der Waals surface area contributed by atoms with Gasteiger partial charge in [-0.05, 0) is 25.0 Å². The number of nitrogens with one attached hydrogen (secondary N) is 1. The Balaban J connectivity index is 2.83. The van der Waals surface area contributed by atoms with Gasteiger partial charge in [0.1, 0.15) is 6.29 Å². The first-order valence-corrected chi connectivity index (χ1v) is 5.03. The quantitative estimate of drug-likeness (QED) is 0.768. The zero-order valence-electron chi connectivity index (χ0n) is 9.04. The summed E-state index contributed by atoms with van der Waals surface area (Å²) in [5, 5.41) is 2.79. The van der Waals surface area contributed by atoms with Gasteiger partial charge >= 0.3 is 0 Å². The molecule has 0 radical (unpaired) electrons. The third-order valence-corrected chi connectivity index (χ3v) is 2.15. The number of carbonyl (C=O) groups excluding carboxylic acids is 2. The highest BCUT2D eigenvalue weighted by Gasteiger charge is 2.04. The van der Waals surface area contributed by atoms with Crippen molar-refractivity contribution >= 4 is 17.9 Å². The minimum atomic E-state index is -0.0105. The Labute approximate surface area is 89.5 Å². The molecule has 1 N–H and O–H groups in total. The van der Waals surface area contributed by atoms with Crippen molar-refractivity contribution < 1.29 is 9.59 Å². The lowest BCUT2D eigenvalue weighted by Crippen LogP contribution is -2.11. The Bertz CT molecular complexity index is 372. The normalized spacial score (nSPS) is 9.73. The van der Waals surface area contributed by atoms with Gasteiger partial charge in [-0.2, -0.15) is 0 Å². The number of aldehydes is 1. The maximum atomic E-state index is 11.4. The summed E-state index contributed by atoms with van der Waals surface area (Å²) in [7, 11) is 0. The van der Waals surface area contributed by atoms with Gasteiger partial charge in [0.05, 0.1) is 0 Å². The fourth-order valence-electron chi connectivity index (χ4n) is 1.29. The Morgan fingerprint density at radius 2 is 2.20 bits per heavy atom. The van der Waals surface area contributed by atoms with Crippen LogP contribution in [0.2, 0.25) is 0 Å². The van der Waals surface area contributed by atoms with E-state index in [0.717, 1.165) is 24.0 Å². The molecule has 3 nitrogen and oxygen atoms in total. The van der Waals surface area contributed by atoms with Crippen LogP contribution in [0.5, 0.6) is 0 Å². The van der Waals surface area contributed by atoms with Gasteiger partial charge in [-0.25, -0.2) is 0 Å². The maximum Gasteiger partial charge on any atom is 0.224 e. The van der Waals surface area contributed by atoms with E-state index >= 15 is 0 Å². The lowest BCUT2D eigenvalue weighted by Gasteiger charge is -2.08. The topological polar surface area (TPSA) is 46.2 Å². The standard InChI is InChI=1S/C12H15NO2/c1-3-4-12(15)13-11-7-10(8-14)6-5-9(11)2/h5-8H,3-4H2,1-2H3,(H,13,15). The van der Waals surface area contributed by atoms with Crippen molar-refractivity contribution in [2.75, 3.05) is 5.32 Å². The molecule has 0 aliphatic carbocycles. The molecule has 0 saturated heterocycles. The van der Waals surface area contributed by atoms with Crippen LogP contribution in [0.1, 0.15) is 35.7 Å². The second kappa shape index (κ2) is 5.29. The molecule has 0 bridgehead atoms. The first-order valence-electron chi connectivity index (χ1n) is 5.03. The average Bonchev–Trinajstić information content (AvgIpc) is 2.21. The molecule has 0 aliphatic rings. The molecule has 1 rings (SSSR count). The number of rotatable bonds is 4. The van der Waals surface area contributed by atoms with Crippen LogP contribution in [0.4, 0.5) is 5.69 Å². The fourth-order valence-corrected chi connectivity index (χ4v) is 1.29. The molecule has 0 aromatic heterocycles. The fraction of sp³-hybridized carbons (Fsp3) is 0.333. The lowest BCUT2D eigenvalue weighted by molar-refractivity contribution is -0.116. The van der Waals surface area contributed by atoms with Gasteiger partial charge in [0, 0.05) is 17.7 Å². The van der Waals surface area contributed by atoms with Crippen LogP contribution in [0, 0.1) is 6.92 Å². The molecular formula is C12H15NO2. The van der Waals surface area contributed by atoms with Crippen LogP contribution >= 0.6 is 0 Å². The predicted molar refractivity (Wildman–Crippen MR) is 60.1 cm³/mol.